The number of carbonyl (C=O) groups is 1. The number of nitrogens with zero attached hydrogens (tertiary/aromatic N) is 5. The second-order valence-electron chi connectivity index (χ2n) is 6.71. The topological polar surface area (TPSA) is 65.2 Å². The first-order chi connectivity index (χ1) is 13.1. The van der Waals surface area contributed by atoms with Crippen molar-refractivity contribution in [3.63, 3.8) is 0 Å². The van der Waals surface area contributed by atoms with Gasteiger partial charge in [0.1, 0.15) is 6.54 Å². The number of ether oxygens (including phenoxy) is 1. The van der Waals surface area contributed by atoms with E-state index in [1.807, 2.05) is 59.8 Å². The molecule has 0 N–H and O–H groups in total. The number of aryl methyl sites for hydroxylation is 1. The highest BCUT2D eigenvalue weighted by atomic mass is 16.5. The molecule has 7 heteroatoms. The predicted molar refractivity (Wildman–Crippen MR) is 101 cm³/mol. The van der Waals surface area contributed by atoms with Crippen molar-refractivity contribution in [2.45, 2.75) is 26.4 Å². The molecular formula is C20H23N5O2. The van der Waals surface area contributed by atoms with Crippen molar-refractivity contribution in [2.75, 3.05) is 19.8 Å². The Bertz CT molecular complexity index is 918. The average Bonchev–Trinajstić information content (AvgIpc) is 3.30. The fraction of sp³-hybridized carbons (Fsp3) is 0.350. The minimum absolute atomic E-state index is 0.0401. The van der Waals surface area contributed by atoms with E-state index in [0.29, 0.717) is 19.8 Å². The second kappa shape index (κ2) is 7.36. The number of morpholine rings is 1. The van der Waals surface area contributed by atoms with E-state index >= 15 is 0 Å². The molecule has 0 bridgehead atoms. The van der Waals surface area contributed by atoms with Crippen molar-refractivity contribution >= 4 is 5.91 Å². The number of carbonyl (C=O) groups excluding carboxylic acids is 1. The lowest BCUT2D eigenvalue weighted by atomic mass is 10.0. The van der Waals surface area contributed by atoms with Crippen molar-refractivity contribution in [2.24, 2.45) is 0 Å². The van der Waals surface area contributed by atoms with Crippen LogP contribution >= 0.6 is 0 Å². The van der Waals surface area contributed by atoms with E-state index < -0.39 is 0 Å². The molecule has 0 spiro atoms. The quantitative estimate of drug-likeness (QED) is 0.712. The highest BCUT2D eigenvalue weighted by Crippen LogP contribution is 2.31. The van der Waals surface area contributed by atoms with Gasteiger partial charge in [0.15, 0.2) is 0 Å². The molecule has 7 nitrogen and oxygen atoms in total. The number of amides is 1. The Hall–Kier alpha value is -2.93. The molecule has 140 valence electrons. The SMILES string of the molecule is Cc1nn(-c2ccccc2)c(C)c1[C@H]1COCCN1C(=O)Cn1cccn1. The zero-order valence-electron chi connectivity index (χ0n) is 15.6. The Kier molecular flexibility index (Phi) is 4.77. The molecule has 2 aromatic heterocycles. The lowest BCUT2D eigenvalue weighted by Gasteiger charge is -2.36. The Morgan fingerprint density at radius 2 is 2.04 bits per heavy atom. The lowest BCUT2D eigenvalue weighted by Crippen LogP contribution is -2.45. The Labute approximate surface area is 158 Å². The summed E-state index contributed by atoms with van der Waals surface area (Å²) < 4.78 is 9.32. The van der Waals surface area contributed by atoms with Gasteiger partial charge in [-0.2, -0.15) is 10.2 Å². The van der Waals surface area contributed by atoms with E-state index in [-0.39, 0.29) is 18.5 Å². The van der Waals surface area contributed by atoms with Crippen molar-refractivity contribution in [1.82, 2.24) is 24.5 Å². The number of rotatable bonds is 4. The largest absolute Gasteiger partial charge is 0.377 e. The molecule has 27 heavy (non-hydrogen) atoms. The molecule has 1 aliphatic heterocycles. The van der Waals surface area contributed by atoms with Gasteiger partial charge in [-0.25, -0.2) is 4.68 Å². The molecule has 1 atom stereocenters. The molecule has 1 aliphatic rings. The van der Waals surface area contributed by atoms with Crippen LogP contribution in [0.25, 0.3) is 5.69 Å². The van der Waals surface area contributed by atoms with E-state index in [2.05, 4.69) is 5.10 Å². The van der Waals surface area contributed by atoms with Gasteiger partial charge in [0, 0.05) is 30.2 Å². The van der Waals surface area contributed by atoms with Crippen molar-refractivity contribution in [3.05, 3.63) is 65.7 Å². The molecule has 1 aromatic carbocycles. The van der Waals surface area contributed by atoms with Gasteiger partial charge in [-0.15, -0.1) is 0 Å². The van der Waals surface area contributed by atoms with Crippen LogP contribution in [0.3, 0.4) is 0 Å². The molecule has 3 aromatic rings. The second-order valence-corrected chi connectivity index (χ2v) is 6.71. The first kappa shape index (κ1) is 17.5. The standard InChI is InChI=1S/C20H23N5O2/c1-15-20(16(2)25(22-15)17-7-4-3-5-8-17)18-14-27-12-11-24(18)19(26)13-23-10-6-9-21-23/h3-10,18H,11-14H2,1-2H3/t18-/m1/s1. The van der Waals surface area contributed by atoms with Gasteiger partial charge >= 0.3 is 0 Å². The summed E-state index contributed by atoms with van der Waals surface area (Å²) in [6, 6.07) is 11.7. The van der Waals surface area contributed by atoms with Crippen LogP contribution in [-0.2, 0) is 16.1 Å². The zero-order chi connectivity index (χ0) is 18.8. The third-order valence-electron chi connectivity index (χ3n) is 4.99. The molecular weight excluding hydrogens is 342 g/mol. The Morgan fingerprint density at radius 3 is 2.78 bits per heavy atom. The van der Waals surface area contributed by atoms with Crippen LogP contribution in [0.15, 0.2) is 48.8 Å². The van der Waals surface area contributed by atoms with Gasteiger partial charge < -0.3 is 9.64 Å². The zero-order valence-corrected chi connectivity index (χ0v) is 15.6. The lowest BCUT2D eigenvalue weighted by molar-refractivity contribution is -0.141. The summed E-state index contributed by atoms with van der Waals surface area (Å²) in [4.78, 5) is 14.8. The molecule has 0 unspecified atom stereocenters. The van der Waals surface area contributed by atoms with Crippen LogP contribution < -0.4 is 0 Å². The summed E-state index contributed by atoms with van der Waals surface area (Å²) in [7, 11) is 0. The van der Waals surface area contributed by atoms with Crippen LogP contribution in [0.4, 0.5) is 0 Å². The maximum absolute atomic E-state index is 12.9. The van der Waals surface area contributed by atoms with E-state index in [4.69, 9.17) is 9.84 Å². The monoisotopic (exact) mass is 365 g/mol. The van der Waals surface area contributed by atoms with Gasteiger partial charge in [-0.3, -0.25) is 9.48 Å². The van der Waals surface area contributed by atoms with Crippen LogP contribution in [0.5, 0.6) is 0 Å². The minimum Gasteiger partial charge on any atom is -0.377 e. The maximum Gasteiger partial charge on any atom is 0.244 e. The van der Waals surface area contributed by atoms with E-state index in [0.717, 1.165) is 22.6 Å². The molecule has 1 saturated heterocycles. The van der Waals surface area contributed by atoms with Gasteiger partial charge in [-0.05, 0) is 32.0 Å². The van der Waals surface area contributed by atoms with Crippen molar-refractivity contribution in [1.29, 1.82) is 0 Å². The molecule has 0 radical (unpaired) electrons. The van der Waals surface area contributed by atoms with Crippen molar-refractivity contribution in [3.8, 4) is 5.69 Å². The van der Waals surface area contributed by atoms with Crippen LogP contribution in [0, 0.1) is 13.8 Å². The molecule has 0 aliphatic carbocycles. The van der Waals surface area contributed by atoms with Gasteiger partial charge in [0.05, 0.1) is 30.6 Å². The fourth-order valence-electron chi connectivity index (χ4n) is 3.72. The number of hydrogen-bond acceptors (Lipinski definition) is 4. The highest BCUT2D eigenvalue weighted by molar-refractivity contribution is 5.76. The number of benzene rings is 1. The van der Waals surface area contributed by atoms with E-state index in [9.17, 15) is 4.79 Å². The smallest absolute Gasteiger partial charge is 0.244 e. The maximum atomic E-state index is 12.9. The highest BCUT2D eigenvalue weighted by Gasteiger charge is 2.33. The van der Waals surface area contributed by atoms with E-state index in [1.54, 1.807) is 17.1 Å². The van der Waals surface area contributed by atoms with Gasteiger partial charge in [0.25, 0.3) is 0 Å². The van der Waals surface area contributed by atoms with E-state index in [1.165, 1.54) is 0 Å². The minimum atomic E-state index is -0.140. The summed E-state index contributed by atoms with van der Waals surface area (Å²) in [5.74, 6) is 0.0401. The summed E-state index contributed by atoms with van der Waals surface area (Å²) in [5, 5.41) is 8.88. The number of hydrogen-bond donors (Lipinski definition) is 0. The third-order valence-corrected chi connectivity index (χ3v) is 4.99. The van der Waals surface area contributed by atoms with Gasteiger partial charge in [-0.1, -0.05) is 18.2 Å². The van der Waals surface area contributed by atoms with Crippen LogP contribution in [0.1, 0.15) is 23.0 Å². The number of aromatic nitrogens is 4. The predicted octanol–water partition coefficient (Wildman–Crippen LogP) is 2.29. The summed E-state index contributed by atoms with van der Waals surface area (Å²) in [5.41, 5.74) is 4.03. The van der Waals surface area contributed by atoms with Crippen LogP contribution in [-0.4, -0.2) is 50.1 Å². The first-order valence-corrected chi connectivity index (χ1v) is 9.11. The Morgan fingerprint density at radius 1 is 1.22 bits per heavy atom. The molecule has 3 heterocycles. The fourth-order valence-corrected chi connectivity index (χ4v) is 3.72. The normalized spacial score (nSPS) is 17.3. The average molecular weight is 365 g/mol. The molecule has 1 amide bonds. The summed E-state index contributed by atoms with van der Waals surface area (Å²) in [6.45, 7) is 5.87. The number of para-hydroxylation sites is 1. The molecule has 0 saturated carbocycles. The van der Waals surface area contributed by atoms with Gasteiger partial charge in [0.2, 0.25) is 5.91 Å². The molecule has 4 rings (SSSR count). The first-order valence-electron chi connectivity index (χ1n) is 9.11. The summed E-state index contributed by atoms with van der Waals surface area (Å²) in [6.07, 6.45) is 3.49. The Balaban J connectivity index is 1.66. The van der Waals surface area contributed by atoms with Crippen molar-refractivity contribution < 1.29 is 9.53 Å². The molecule has 1 fully saturated rings. The third kappa shape index (κ3) is 3.38. The summed E-state index contributed by atoms with van der Waals surface area (Å²) >= 11 is 0. The van der Waals surface area contributed by atoms with Crippen LogP contribution in [0.2, 0.25) is 0 Å².